The molecular formula is C18H16Br2N2O4S2Te. The summed E-state index contributed by atoms with van der Waals surface area (Å²) < 4.78 is 25.4. The molecule has 2 aromatic rings. The molecule has 0 aliphatic heterocycles. The first-order valence-corrected chi connectivity index (χ1v) is 18.9. The summed E-state index contributed by atoms with van der Waals surface area (Å²) in [6.45, 7) is 0. The number of thiocyanates is 2. The first kappa shape index (κ1) is 24.3. The van der Waals surface area contributed by atoms with E-state index in [2.05, 4.69) is 42.7 Å². The summed E-state index contributed by atoms with van der Waals surface area (Å²) in [7, 11) is 8.30. The molecule has 0 fully saturated rings. The predicted octanol–water partition coefficient (Wildman–Crippen LogP) is 4.23. The third-order valence-corrected chi connectivity index (χ3v) is 23.4. The summed E-state index contributed by atoms with van der Waals surface area (Å²) >= 11 is 2.97. The number of hydrogen-bond acceptors (Lipinski definition) is 8. The Morgan fingerprint density at radius 3 is 1.38 bits per heavy atom. The fourth-order valence-corrected chi connectivity index (χ4v) is 21.6. The third-order valence-electron chi connectivity index (χ3n) is 3.75. The summed E-state index contributed by atoms with van der Waals surface area (Å²) in [5.74, 6) is 2.09. The Labute approximate surface area is 195 Å². The monoisotopic (exact) mass is 676 g/mol. The normalized spacial score (nSPS) is 11.2. The zero-order valence-electron chi connectivity index (χ0n) is 15.8. The molecule has 0 heterocycles. The molecule has 2 aromatic carbocycles. The van der Waals surface area contributed by atoms with Crippen LogP contribution in [0.4, 0.5) is 0 Å². The van der Waals surface area contributed by atoms with E-state index in [1.165, 1.54) is 0 Å². The molecule has 0 saturated carbocycles. The summed E-state index contributed by atoms with van der Waals surface area (Å²) in [4.78, 5) is 0. The molecule has 0 saturated heterocycles. The van der Waals surface area contributed by atoms with Gasteiger partial charge in [-0.15, -0.1) is 0 Å². The minimum atomic E-state index is -4.06. The average Bonchev–Trinajstić information content (AvgIpc) is 2.73. The van der Waals surface area contributed by atoms with Gasteiger partial charge in [-0.3, -0.25) is 0 Å². The van der Waals surface area contributed by atoms with E-state index in [4.69, 9.17) is 18.9 Å². The van der Waals surface area contributed by atoms with Crippen molar-refractivity contribution in [3.63, 3.8) is 0 Å². The van der Waals surface area contributed by atoms with Crippen LogP contribution in [0.15, 0.2) is 33.2 Å². The van der Waals surface area contributed by atoms with Crippen molar-refractivity contribution in [1.82, 2.24) is 0 Å². The van der Waals surface area contributed by atoms with Gasteiger partial charge in [-0.2, -0.15) is 0 Å². The van der Waals surface area contributed by atoms with Crippen LogP contribution in [0.1, 0.15) is 0 Å². The van der Waals surface area contributed by atoms with Crippen molar-refractivity contribution in [1.29, 1.82) is 10.5 Å². The Hall–Kier alpha value is -0.930. The van der Waals surface area contributed by atoms with Crippen LogP contribution >= 0.6 is 49.8 Å². The van der Waals surface area contributed by atoms with Crippen LogP contribution in [0.5, 0.6) is 23.0 Å². The van der Waals surface area contributed by atoms with Gasteiger partial charge in [0.25, 0.3) is 0 Å². The first-order valence-electron chi connectivity index (χ1n) is 7.75. The maximum absolute atomic E-state index is 9.80. The summed E-state index contributed by atoms with van der Waals surface area (Å²) in [6, 6.07) is 7.18. The van der Waals surface area contributed by atoms with E-state index < -0.39 is 15.4 Å². The number of benzene rings is 2. The van der Waals surface area contributed by atoms with Gasteiger partial charge >= 0.3 is 197 Å². The van der Waals surface area contributed by atoms with E-state index in [9.17, 15) is 10.5 Å². The van der Waals surface area contributed by atoms with Crippen LogP contribution < -0.4 is 26.2 Å². The standard InChI is InChI=1S/C18H16Br2N2O4S2Te/c1-23-13-7-5-11(19)15(25-3)17(13)29(27-9-21,28-10-22)18-14(24-2)8-6-12(20)16(18)26-4/h5-8H,1-4H3. The summed E-state index contributed by atoms with van der Waals surface area (Å²) in [6.07, 6.45) is 0. The molecule has 0 amide bonds. The van der Waals surface area contributed by atoms with Gasteiger partial charge in [0.2, 0.25) is 0 Å². The molecule has 0 unspecified atom stereocenters. The van der Waals surface area contributed by atoms with Crippen molar-refractivity contribution in [2.75, 3.05) is 28.4 Å². The predicted molar refractivity (Wildman–Crippen MR) is 126 cm³/mol. The van der Waals surface area contributed by atoms with Crippen LogP contribution in [-0.2, 0) is 0 Å². The van der Waals surface area contributed by atoms with Crippen LogP contribution in [0.2, 0.25) is 0 Å². The van der Waals surface area contributed by atoms with Crippen LogP contribution in [-0.4, -0.2) is 43.9 Å². The van der Waals surface area contributed by atoms with Gasteiger partial charge in [-0.25, -0.2) is 0 Å². The van der Waals surface area contributed by atoms with Crippen molar-refractivity contribution >= 4 is 72.5 Å². The maximum atomic E-state index is 9.80. The number of ether oxygens (including phenoxy) is 4. The molecule has 2 rings (SSSR count). The molecule has 0 N–H and O–H groups in total. The quantitative estimate of drug-likeness (QED) is 0.304. The van der Waals surface area contributed by atoms with Gasteiger partial charge in [0, 0.05) is 0 Å². The van der Waals surface area contributed by atoms with E-state index >= 15 is 0 Å². The number of nitrogens with zero attached hydrogens (tertiary/aromatic N) is 2. The molecular weight excluding hydrogens is 660 g/mol. The van der Waals surface area contributed by atoms with Crippen molar-refractivity contribution in [2.45, 2.75) is 0 Å². The van der Waals surface area contributed by atoms with E-state index in [1.54, 1.807) is 52.7 Å². The van der Waals surface area contributed by atoms with Crippen LogP contribution in [0.25, 0.3) is 0 Å². The number of halogens is 2. The van der Waals surface area contributed by atoms with Crippen LogP contribution in [0, 0.1) is 21.3 Å². The van der Waals surface area contributed by atoms with Gasteiger partial charge < -0.3 is 0 Å². The zero-order valence-corrected chi connectivity index (χ0v) is 23.0. The molecule has 0 aliphatic carbocycles. The molecule has 0 radical (unpaired) electrons. The van der Waals surface area contributed by atoms with E-state index in [-0.39, 0.29) is 0 Å². The Kier molecular flexibility index (Phi) is 9.15. The number of hydrogen-bond donors (Lipinski definition) is 0. The fourth-order valence-electron chi connectivity index (χ4n) is 2.64. The molecule has 0 spiro atoms. The second-order valence-electron chi connectivity index (χ2n) is 5.08. The van der Waals surface area contributed by atoms with E-state index in [1.807, 2.05) is 0 Å². The minimum absolute atomic E-state index is 0.514. The van der Waals surface area contributed by atoms with Crippen molar-refractivity contribution in [3.05, 3.63) is 33.2 Å². The number of methoxy groups -OCH3 is 4. The molecule has 11 heteroatoms. The molecule has 0 atom stereocenters. The van der Waals surface area contributed by atoms with Crippen LogP contribution in [0.3, 0.4) is 0 Å². The molecule has 0 bridgehead atoms. The van der Waals surface area contributed by atoms with Crippen molar-refractivity contribution in [2.24, 2.45) is 0 Å². The molecule has 154 valence electrons. The molecule has 0 aromatic heterocycles. The second kappa shape index (κ2) is 10.9. The Bertz CT molecular complexity index is 916. The Morgan fingerprint density at radius 1 is 0.724 bits per heavy atom. The second-order valence-corrected chi connectivity index (χ2v) is 23.7. The van der Waals surface area contributed by atoms with Gasteiger partial charge in [0.1, 0.15) is 0 Å². The fraction of sp³-hybridized carbons (Fsp3) is 0.222. The zero-order chi connectivity index (χ0) is 21.6. The van der Waals surface area contributed by atoms with Crippen molar-refractivity contribution < 1.29 is 18.9 Å². The van der Waals surface area contributed by atoms with E-state index in [0.717, 1.165) is 18.0 Å². The topological polar surface area (TPSA) is 84.5 Å². The number of rotatable bonds is 8. The SMILES string of the molecule is COc1ccc(Br)c(OC)c1[Te](SC#N)(SC#N)c1c(OC)ccc(Br)c1OC. The van der Waals surface area contributed by atoms with E-state index in [0.29, 0.717) is 39.2 Å². The molecule has 0 aliphatic rings. The Morgan fingerprint density at radius 2 is 1.10 bits per heavy atom. The van der Waals surface area contributed by atoms with Gasteiger partial charge in [-0.05, 0) is 0 Å². The summed E-state index contributed by atoms with van der Waals surface area (Å²) in [5, 5.41) is 24.0. The van der Waals surface area contributed by atoms with Crippen molar-refractivity contribution in [3.8, 4) is 33.8 Å². The first-order chi connectivity index (χ1) is 13.9. The third kappa shape index (κ3) is 4.56. The average molecular weight is 676 g/mol. The summed E-state index contributed by atoms with van der Waals surface area (Å²) in [5.41, 5.74) is 0. The van der Waals surface area contributed by atoms with Gasteiger partial charge in [0.15, 0.2) is 0 Å². The number of nitriles is 2. The molecule has 6 nitrogen and oxygen atoms in total. The Balaban J connectivity index is 3.14. The van der Waals surface area contributed by atoms with Gasteiger partial charge in [0.05, 0.1) is 0 Å². The van der Waals surface area contributed by atoms with Gasteiger partial charge in [-0.1, -0.05) is 0 Å². The molecule has 29 heavy (non-hydrogen) atoms.